The molecular formula is C10H13N3O5S2. The van der Waals surface area contributed by atoms with E-state index in [1.165, 1.54) is 10.3 Å². The van der Waals surface area contributed by atoms with Crippen molar-refractivity contribution >= 4 is 38.4 Å². The Kier molecular flexibility index (Phi) is 4.06. The molecule has 1 amide bonds. The third kappa shape index (κ3) is 2.97. The first-order chi connectivity index (χ1) is 9.32. The first kappa shape index (κ1) is 14.9. The van der Waals surface area contributed by atoms with Gasteiger partial charge >= 0.3 is 5.97 Å². The smallest absolute Gasteiger partial charge is 0.357 e. The van der Waals surface area contributed by atoms with E-state index in [4.69, 9.17) is 9.88 Å². The number of aromatic nitrogens is 1. The van der Waals surface area contributed by atoms with Gasteiger partial charge in [-0.05, 0) is 6.92 Å². The molecule has 0 saturated carbocycles. The summed E-state index contributed by atoms with van der Waals surface area (Å²) in [4.78, 5) is 28.5. The molecule has 1 aliphatic rings. The number of thiazole rings is 1. The number of hydrogen-bond acceptors (Lipinski definition) is 7. The van der Waals surface area contributed by atoms with E-state index in [1.807, 2.05) is 0 Å². The van der Waals surface area contributed by atoms with Crippen LogP contribution in [0.1, 0.15) is 23.8 Å². The maximum absolute atomic E-state index is 11.8. The third-order valence-corrected chi connectivity index (χ3v) is 4.87. The minimum atomic E-state index is -3.77. The van der Waals surface area contributed by atoms with Crippen molar-refractivity contribution < 1.29 is 22.7 Å². The molecule has 10 heteroatoms. The Bertz CT molecular complexity index is 639. The molecule has 2 N–H and O–H groups in total. The van der Waals surface area contributed by atoms with E-state index in [1.54, 1.807) is 6.92 Å². The van der Waals surface area contributed by atoms with Gasteiger partial charge in [0.25, 0.3) is 0 Å². The fourth-order valence-corrected chi connectivity index (χ4v) is 3.32. The maximum Gasteiger partial charge on any atom is 0.357 e. The highest BCUT2D eigenvalue weighted by atomic mass is 32.2. The quantitative estimate of drug-likeness (QED) is 0.762. The zero-order valence-corrected chi connectivity index (χ0v) is 12.2. The number of amides is 1. The molecule has 1 unspecified atom stereocenters. The lowest BCUT2D eigenvalue weighted by Gasteiger charge is -2.11. The van der Waals surface area contributed by atoms with Crippen LogP contribution in [0.2, 0.25) is 0 Å². The summed E-state index contributed by atoms with van der Waals surface area (Å²) in [5.41, 5.74) is 0.0960. The number of carbonyl (C=O) groups excluding carboxylic acids is 2. The molecule has 1 aliphatic heterocycles. The Morgan fingerprint density at radius 3 is 2.90 bits per heavy atom. The van der Waals surface area contributed by atoms with E-state index in [2.05, 4.69) is 4.98 Å². The molecule has 1 saturated heterocycles. The first-order valence-electron chi connectivity index (χ1n) is 5.77. The molecule has 20 heavy (non-hydrogen) atoms. The molecule has 1 aromatic rings. The second kappa shape index (κ2) is 5.46. The van der Waals surface area contributed by atoms with Crippen LogP contribution in [0.25, 0.3) is 0 Å². The molecule has 8 nitrogen and oxygen atoms in total. The van der Waals surface area contributed by atoms with Gasteiger partial charge in [0.05, 0.1) is 6.61 Å². The average molecular weight is 319 g/mol. The number of esters is 1. The Balaban J connectivity index is 2.17. The van der Waals surface area contributed by atoms with Crippen molar-refractivity contribution in [2.24, 2.45) is 5.14 Å². The fraction of sp³-hybridized carbons (Fsp3) is 0.500. The second-order valence-corrected chi connectivity index (χ2v) is 6.84. The molecule has 0 aromatic carbocycles. The Hall–Kier alpha value is -1.52. The highest BCUT2D eigenvalue weighted by molar-refractivity contribution is 7.89. The van der Waals surface area contributed by atoms with Crippen molar-refractivity contribution in [2.75, 3.05) is 18.1 Å². The van der Waals surface area contributed by atoms with Crippen LogP contribution in [0, 0.1) is 0 Å². The molecule has 1 aromatic heterocycles. The molecule has 0 radical (unpaired) electrons. The summed E-state index contributed by atoms with van der Waals surface area (Å²) in [5, 5.41) is 5.83. The van der Waals surface area contributed by atoms with Crippen molar-refractivity contribution in [1.29, 1.82) is 0 Å². The summed E-state index contributed by atoms with van der Waals surface area (Å²) in [5.74, 6) is -0.960. The fourth-order valence-electron chi connectivity index (χ4n) is 1.77. The molecule has 110 valence electrons. The third-order valence-electron chi connectivity index (χ3n) is 2.76. The number of ether oxygens (including phenoxy) is 1. The van der Waals surface area contributed by atoms with Crippen LogP contribution >= 0.6 is 11.3 Å². The van der Waals surface area contributed by atoms with E-state index in [0.717, 1.165) is 11.3 Å². The van der Waals surface area contributed by atoms with Gasteiger partial charge in [0.2, 0.25) is 15.9 Å². The van der Waals surface area contributed by atoms with Crippen LogP contribution in [0.15, 0.2) is 5.38 Å². The molecule has 2 heterocycles. The van der Waals surface area contributed by atoms with Gasteiger partial charge in [-0.25, -0.2) is 23.3 Å². The molecule has 0 aliphatic carbocycles. The number of nitrogens with two attached hydrogens (primary N) is 1. The van der Waals surface area contributed by atoms with Crippen molar-refractivity contribution in [2.45, 2.75) is 18.6 Å². The van der Waals surface area contributed by atoms with Gasteiger partial charge in [0, 0.05) is 18.3 Å². The summed E-state index contributed by atoms with van der Waals surface area (Å²) in [6, 6.07) is 0. The molecule has 0 spiro atoms. The molecule has 2 rings (SSSR count). The van der Waals surface area contributed by atoms with Crippen LogP contribution in [-0.2, 0) is 19.6 Å². The first-order valence-corrected chi connectivity index (χ1v) is 8.26. The minimum Gasteiger partial charge on any atom is -0.461 e. The van der Waals surface area contributed by atoms with E-state index in [0.29, 0.717) is 0 Å². The van der Waals surface area contributed by atoms with Crippen molar-refractivity contribution in [3.63, 3.8) is 0 Å². The Labute approximate surface area is 119 Å². The lowest BCUT2D eigenvalue weighted by Crippen LogP contribution is -2.32. The zero-order valence-electron chi connectivity index (χ0n) is 10.6. The van der Waals surface area contributed by atoms with E-state index in [-0.39, 0.29) is 36.3 Å². The van der Waals surface area contributed by atoms with Crippen LogP contribution in [0.3, 0.4) is 0 Å². The van der Waals surface area contributed by atoms with Gasteiger partial charge in [-0.3, -0.25) is 9.69 Å². The summed E-state index contributed by atoms with van der Waals surface area (Å²) in [6.07, 6.45) is -0.173. The topological polar surface area (TPSA) is 120 Å². The summed E-state index contributed by atoms with van der Waals surface area (Å²) >= 11 is 1.07. The van der Waals surface area contributed by atoms with Crippen LogP contribution in [-0.4, -0.2) is 43.7 Å². The molecule has 1 atom stereocenters. The van der Waals surface area contributed by atoms with Gasteiger partial charge in [-0.15, -0.1) is 11.3 Å². The number of sulfonamides is 1. The van der Waals surface area contributed by atoms with Gasteiger partial charge in [0.15, 0.2) is 10.8 Å². The average Bonchev–Trinajstić information content (AvgIpc) is 2.94. The summed E-state index contributed by atoms with van der Waals surface area (Å²) in [6.45, 7) is 1.85. The highest BCUT2D eigenvalue weighted by Crippen LogP contribution is 2.27. The largest absolute Gasteiger partial charge is 0.461 e. The SMILES string of the molecule is CCOC(=O)c1csc(N2CC(S(N)(=O)=O)CC2=O)n1. The van der Waals surface area contributed by atoms with Gasteiger partial charge < -0.3 is 4.74 Å². The lowest BCUT2D eigenvalue weighted by atomic mass is 10.4. The van der Waals surface area contributed by atoms with Crippen molar-refractivity contribution in [3.05, 3.63) is 11.1 Å². The van der Waals surface area contributed by atoms with E-state index < -0.39 is 21.2 Å². The van der Waals surface area contributed by atoms with Gasteiger partial charge in [0.1, 0.15) is 5.25 Å². The number of nitrogens with zero attached hydrogens (tertiary/aromatic N) is 2. The molecule has 0 bridgehead atoms. The number of rotatable bonds is 4. The Morgan fingerprint density at radius 1 is 1.65 bits per heavy atom. The Morgan fingerprint density at radius 2 is 2.35 bits per heavy atom. The number of hydrogen-bond donors (Lipinski definition) is 1. The van der Waals surface area contributed by atoms with E-state index >= 15 is 0 Å². The second-order valence-electron chi connectivity index (χ2n) is 4.16. The van der Waals surface area contributed by atoms with Crippen LogP contribution < -0.4 is 10.0 Å². The van der Waals surface area contributed by atoms with Crippen LogP contribution in [0.4, 0.5) is 5.13 Å². The van der Waals surface area contributed by atoms with Gasteiger partial charge in [-0.2, -0.15) is 0 Å². The predicted octanol–water partition coefficient (Wildman–Crippen LogP) is -0.286. The molecular weight excluding hydrogens is 306 g/mol. The molecule has 1 fully saturated rings. The number of carbonyl (C=O) groups is 2. The van der Waals surface area contributed by atoms with Crippen molar-refractivity contribution in [3.8, 4) is 0 Å². The standard InChI is InChI=1S/C10H13N3O5S2/c1-2-18-9(15)7-5-19-10(12-7)13-4-6(3-8(13)14)20(11,16)17/h5-6H,2-4H2,1H3,(H2,11,16,17). The summed E-state index contributed by atoms with van der Waals surface area (Å²) in [7, 11) is -3.77. The van der Waals surface area contributed by atoms with Crippen LogP contribution in [0.5, 0.6) is 0 Å². The predicted molar refractivity (Wildman–Crippen MR) is 71.9 cm³/mol. The lowest BCUT2D eigenvalue weighted by molar-refractivity contribution is -0.117. The highest BCUT2D eigenvalue weighted by Gasteiger charge is 2.38. The van der Waals surface area contributed by atoms with Gasteiger partial charge in [-0.1, -0.05) is 0 Å². The monoisotopic (exact) mass is 319 g/mol. The van der Waals surface area contributed by atoms with E-state index in [9.17, 15) is 18.0 Å². The number of anilines is 1. The summed E-state index contributed by atoms with van der Waals surface area (Å²) < 4.78 is 27.3. The minimum absolute atomic E-state index is 0.0482. The zero-order chi connectivity index (χ0) is 14.9. The number of primary sulfonamides is 1. The maximum atomic E-state index is 11.8. The normalized spacial score (nSPS) is 19.4. The van der Waals surface area contributed by atoms with Crippen molar-refractivity contribution in [1.82, 2.24) is 4.98 Å².